The molecule has 6 nitrogen and oxygen atoms in total. The Labute approximate surface area is 132 Å². The van der Waals surface area contributed by atoms with E-state index in [1.54, 1.807) is 0 Å². The Bertz CT molecular complexity index is 523. The number of nitrogens with one attached hydrogen (secondary N) is 1. The highest BCUT2D eigenvalue weighted by atomic mass is 16.5. The number of hydrogen-bond acceptors (Lipinski definition) is 6. The van der Waals surface area contributed by atoms with Crippen molar-refractivity contribution >= 4 is 0 Å². The predicted molar refractivity (Wildman–Crippen MR) is 85.8 cm³/mol. The highest BCUT2D eigenvalue weighted by Crippen LogP contribution is 2.21. The average Bonchev–Trinajstić information content (AvgIpc) is 2.49. The Morgan fingerprint density at radius 1 is 1.27 bits per heavy atom. The molecule has 22 heavy (non-hydrogen) atoms. The molecule has 0 radical (unpaired) electrons. The first-order chi connectivity index (χ1) is 10.4. The van der Waals surface area contributed by atoms with Crippen LogP contribution in [-0.2, 0) is 11.3 Å². The van der Waals surface area contributed by atoms with Crippen LogP contribution in [0.5, 0.6) is 0 Å². The molecule has 1 fully saturated rings. The van der Waals surface area contributed by atoms with Crippen molar-refractivity contribution in [3.63, 3.8) is 0 Å². The molecule has 0 aromatic carbocycles. The zero-order chi connectivity index (χ0) is 16.3. The van der Waals surface area contributed by atoms with Crippen LogP contribution in [0.15, 0.2) is 0 Å². The van der Waals surface area contributed by atoms with E-state index in [9.17, 15) is 5.11 Å². The Hall–Kier alpha value is -1.08. The molecule has 0 saturated carbocycles. The second kappa shape index (κ2) is 7.00. The molecule has 1 saturated heterocycles. The average molecular weight is 308 g/mol. The Kier molecular flexibility index (Phi) is 5.50. The molecule has 6 heteroatoms. The summed E-state index contributed by atoms with van der Waals surface area (Å²) in [6.45, 7) is 10.7. The monoisotopic (exact) mass is 308 g/mol. The van der Waals surface area contributed by atoms with E-state index >= 15 is 0 Å². The molecule has 2 rings (SSSR count). The van der Waals surface area contributed by atoms with Gasteiger partial charge in [-0.3, -0.25) is 14.9 Å². The van der Waals surface area contributed by atoms with E-state index in [4.69, 9.17) is 4.74 Å². The lowest BCUT2D eigenvalue weighted by Crippen LogP contribution is -2.65. The summed E-state index contributed by atoms with van der Waals surface area (Å²) in [5, 5.41) is 13.3. The van der Waals surface area contributed by atoms with Gasteiger partial charge in [0, 0.05) is 19.1 Å². The SMILES string of the molecule is Cc1nc(C)c(CNC[C@]2(CO)COC[C@@H](C)N2C)nc1C. The van der Waals surface area contributed by atoms with Crippen molar-refractivity contribution in [3.8, 4) is 0 Å². The van der Waals surface area contributed by atoms with Crippen molar-refractivity contribution < 1.29 is 9.84 Å². The van der Waals surface area contributed by atoms with Gasteiger partial charge in [-0.2, -0.15) is 0 Å². The zero-order valence-corrected chi connectivity index (χ0v) is 14.3. The van der Waals surface area contributed by atoms with E-state index in [2.05, 4.69) is 27.1 Å². The van der Waals surface area contributed by atoms with Crippen LogP contribution in [0.25, 0.3) is 0 Å². The lowest BCUT2D eigenvalue weighted by molar-refractivity contribution is -0.106. The number of ether oxygens (including phenoxy) is 1. The standard InChI is InChI=1S/C16H28N4O2/c1-11-7-22-10-16(9-21,20(11)5)8-17-6-15-14(4)18-12(2)13(3)19-15/h11,17,21H,6-10H2,1-5H3/t11-,16+/m1/s1. The van der Waals surface area contributed by atoms with E-state index in [0.717, 1.165) is 22.8 Å². The fourth-order valence-corrected chi connectivity index (χ4v) is 2.83. The number of rotatable bonds is 5. The van der Waals surface area contributed by atoms with Crippen LogP contribution in [0.3, 0.4) is 0 Å². The van der Waals surface area contributed by atoms with Crippen LogP contribution in [0.1, 0.15) is 29.7 Å². The molecule has 1 aliphatic rings. The zero-order valence-electron chi connectivity index (χ0n) is 14.3. The predicted octanol–water partition coefficient (Wildman–Crippen LogP) is 0.573. The molecular formula is C16H28N4O2. The minimum absolute atomic E-state index is 0.0679. The second-order valence-corrected chi connectivity index (χ2v) is 6.39. The van der Waals surface area contributed by atoms with Gasteiger partial charge in [0.15, 0.2) is 0 Å². The molecule has 124 valence electrons. The van der Waals surface area contributed by atoms with Gasteiger partial charge < -0.3 is 15.2 Å². The summed E-state index contributed by atoms with van der Waals surface area (Å²) in [4.78, 5) is 11.3. The summed E-state index contributed by atoms with van der Waals surface area (Å²) in [5.74, 6) is 0. The summed E-state index contributed by atoms with van der Waals surface area (Å²) in [7, 11) is 2.05. The summed E-state index contributed by atoms with van der Waals surface area (Å²) < 4.78 is 5.65. The maximum atomic E-state index is 9.87. The van der Waals surface area contributed by atoms with E-state index in [1.165, 1.54) is 0 Å². The highest BCUT2D eigenvalue weighted by Gasteiger charge is 2.40. The Morgan fingerprint density at radius 3 is 2.64 bits per heavy atom. The molecular weight excluding hydrogens is 280 g/mol. The maximum absolute atomic E-state index is 9.87. The van der Waals surface area contributed by atoms with Crippen LogP contribution in [0.2, 0.25) is 0 Å². The van der Waals surface area contributed by atoms with Crippen molar-refractivity contribution in [2.24, 2.45) is 0 Å². The van der Waals surface area contributed by atoms with Gasteiger partial charge >= 0.3 is 0 Å². The molecule has 2 heterocycles. The van der Waals surface area contributed by atoms with Gasteiger partial charge in [-0.25, -0.2) is 0 Å². The van der Waals surface area contributed by atoms with Crippen molar-refractivity contribution in [1.29, 1.82) is 0 Å². The lowest BCUT2D eigenvalue weighted by atomic mass is 9.96. The number of morpholine rings is 1. The van der Waals surface area contributed by atoms with E-state index in [0.29, 0.717) is 32.3 Å². The van der Waals surface area contributed by atoms with Gasteiger partial charge in [-0.05, 0) is 34.7 Å². The lowest BCUT2D eigenvalue weighted by Gasteiger charge is -2.47. The first-order valence-corrected chi connectivity index (χ1v) is 7.82. The van der Waals surface area contributed by atoms with E-state index in [-0.39, 0.29) is 12.1 Å². The van der Waals surface area contributed by atoms with Crippen LogP contribution in [0, 0.1) is 20.8 Å². The summed E-state index contributed by atoms with van der Waals surface area (Å²) >= 11 is 0. The molecule has 2 atom stereocenters. The number of hydrogen-bond donors (Lipinski definition) is 2. The van der Waals surface area contributed by atoms with Gasteiger partial charge in [0.1, 0.15) is 0 Å². The minimum atomic E-state index is -0.376. The quantitative estimate of drug-likeness (QED) is 0.829. The van der Waals surface area contributed by atoms with Gasteiger partial charge in [0.25, 0.3) is 0 Å². The number of nitrogens with zero attached hydrogens (tertiary/aromatic N) is 3. The number of likely N-dealkylation sites (N-methyl/N-ethyl adjacent to an activating group) is 1. The third-order valence-electron chi connectivity index (χ3n) is 4.76. The number of aromatic nitrogens is 2. The first kappa shape index (κ1) is 17.3. The third-order valence-corrected chi connectivity index (χ3v) is 4.76. The topological polar surface area (TPSA) is 70.5 Å². The number of aliphatic hydroxyl groups excluding tert-OH is 1. The summed E-state index contributed by atoms with van der Waals surface area (Å²) in [6.07, 6.45) is 0. The molecule has 1 aromatic heterocycles. The minimum Gasteiger partial charge on any atom is -0.394 e. The van der Waals surface area contributed by atoms with Crippen molar-refractivity contribution in [2.75, 3.05) is 33.4 Å². The first-order valence-electron chi connectivity index (χ1n) is 7.82. The normalized spacial score (nSPS) is 26.4. The Balaban J connectivity index is 2.01. The molecule has 1 aromatic rings. The molecule has 0 spiro atoms. The molecule has 0 aliphatic carbocycles. The van der Waals surface area contributed by atoms with Crippen molar-refractivity contribution in [2.45, 2.75) is 45.8 Å². The fourth-order valence-electron chi connectivity index (χ4n) is 2.83. The maximum Gasteiger partial charge on any atom is 0.0802 e. The van der Waals surface area contributed by atoms with E-state index in [1.807, 2.05) is 27.8 Å². The molecule has 0 unspecified atom stereocenters. The Morgan fingerprint density at radius 2 is 1.95 bits per heavy atom. The van der Waals surface area contributed by atoms with Crippen LogP contribution in [0.4, 0.5) is 0 Å². The van der Waals surface area contributed by atoms with E-state index < -0.39 is 0 Å². The van der Waals surface area contributed by atoms with Crippen molar-refractivity contribution in [1.82, 2.24) is 20.2 Å². The largest absolute Gasteiger partial charge is 0.394 e. The van der Waals surface area contributed by atoms with Crippen LogP contribution >= 0.6 is 0 Å². The van der Waals surface area contributed by atoms with Crippen LogP contribution in [-0.4, -0.2) is 65.0 Å². The molecule has 2 N–H and O–H groups in total. The molecule has 0 amide bonds. The molecule has 1 aliphatic heterocycles. The van der Waals surface area contributed by atoms with Gasteiger partial charge in [-0.15, -0.1) is 0 Å². The summed E-state index contributed by atoms with van der Waals surface area (Å²) in [6, 6.07) is 0.297. The molecule has 0 bridgehead atoms. The second-order valence-electron chi connectivity index (χ2n) is 6.39. The third kappa shape index (κ3) is 3.46. The summed E-state index contributed by atoms with van der Waals surface area (Å²) in [5.41, 5.74) is 3.48. The van der Waals surface area contributed by atoms with Gasteiger partial charge in [-0.1, -0.05) is 0 Å². The van der Waals surface area contributed by atoms with Gasteiger partial charge in [0.05, 0.1) is 48.1 Å². The highest BCUT2D eigenvalue weighted by molar-refractivity contribution is 5.17. The van der Waals surface area contributed by atoms with Crippen LogP contribution < -0.4 is 5.32 Å². The fraction of sp³-hybridized carbons (Fsp3) is 0.750. The smallest absolute Gasteiger partial charge is 0.0802 e. The van der Waals surface area contributed by atoms with Crippen molar-refractivity contribution in [3.05, 3.63) is 22.8 Å². The van der Waals surface area contributed by atoms with Gasteiger partial charge in [0.2, 0.25) is 0 Å². The number of aliphatic hydroxyl groups is 1. The number of aryl methyl sites for hydroxylation is 3.